The standard InChI is InChI=1S/2C4H10.C3H8.7C2H6.CH4.4Rb.4H/c2*1-3-4-2;1-3-2;7*1-2;;;;;;;;;/h2*3-4H2,1-2H3;3H2,1-2H3;7*1-2H3;1H4;;;;;;;;/q;;;;;;;;;;;4*+1;4*-1. The molecule has 0 saturated heterocycles. The van der Waals surface area contributed by atoms with Crippen molar-refractivity contribution in [3.63, 3.8) is 0 Å². The van der Waals surface area contributed by atoms with E-state index in [1.165, 1.54) is 32.1 Å². The summed E-state index contributed by atoms with van der Waals surface area (Å²) in [6, 6.07) is 0. The molecule has 4 heteroatoms. The van der Waals surface area contributed by atoms with Gasteiger partial charge in [0, 0.05) is 0 Å². The first-order valence-corrected chi connectivity index (χ1v) is 12.2. The van der Waals surface area contributed by atoms with Crippen LogP contribution in [0.15, 0.2) is 0 Å². The fraction of sp³-hybridized carbons (Fsp3) is 1.00. The summed E-state index contributed by atoms with van der Waals surface area (Å²) < 4.78 is 0. The van der Waals surface area contributed by atoms with E-state index in [2.05, 4.69) is 41.5 Å². The van der Waals surface area contributed by atoms with E-state index >= 15 is 0 Å². The van der Waals surface area contributed by atoms with Crippen molar-refractivity contribution in [1.29, 1.82) is 0 Å². The van der Waals surface area contributed by atoms with Gasteiger partial charge in [-0.15, -0.1) is 0 Å². The van der Waals surface area contributed by atoms with Crippen LogP contribution in [0.3, 0.4) is 0 Å². The average Bonchev–Trinajstić information content (AvgIpc) is 2.78. The molecule has 0 aliphatic heterocycles. The molecule has 0 saturated carbocycles. The van der Waals surface area contributed by atoms with Crippen LogP contribution in [0.25, 0.3) is 0 Å². The summed E-state index contributed by atoms with van der Waals surface area (Å²) in [5.74, 6) is 0. The fourth-order valence-corrected chi connectivity index (χ4v) is 0. The second-order valence-electron chi connectivity index (χ2n) is 2.71. The minimum Gasteiger partial charge on any atom is -1.00 e. The molecule has 0 heterocycles. The molecule has 0 radical (unpaired) electrons. The van der Waals surface area contributed by atoms with E-state index in [1.807, 2.05) is 96.9 Å². The molecule has 0 fully saturated rings. The molecule has 0 nitrogen and oxygen atoms in total. The van der Waals surface area contributed by atoms with E-state index < -0.39 is 0 Å². The van der Waals surface area contributed by atoms with Gasteiger partial charge in [-0.2, -0.15) is 0 Å². The van der Waals surface area contributed by atoms with Crippen LogP contribution in [-0.2, 0) is 0 Å². The number of unbranched alkanes of at least 4 members (excludes halogenated alkanes) is 2. The third-order valence-corrected chi connectivity index (χ3v) is 1.000. The molecule has 30 heavy (non-hydrogen) atoms. The first-order valence-electron chi connectivity index (χ1n) is 12.2. The fourth-order valence-electron chi connectivity index (χ4n) is 0. The second-order valence-corrected chi connectivity index (χ2v) is 2.71. The van der Waals surface area contributed by atoms with Gasteiger partial charge in [-0.1, -0.05) is 178 Å². The summed E-state index contributed by atoms with van der Waals surface area (Å²) in [7, 11) is 0. The van der Waals surface area contributed by atoms with E-state index in [-0.39, 0.29) is 246 Å². The van der Waals surface area contributed by atoms with Crippen LogP contribution in [-0.4, -0.2) is 0 Å². The summed E-state index contributed by atoms with van der Waals surface area (Å²) in [4.78, 5) is 0. The van der Waals surface area contributed by atoms with Crippen molar-refractivity contribution >= 4 is 0 Å². The van der Waals surface area contributed by atoms with Crippen molar-refractivity contribution < 1.29 is 238 Å². The first kappa shape index (κ1) is 98.9. The van der Waals surface area contributed by atoms with E-state index in [0.717, 1.165) is 0 Å². The molecule has 0 aromatic rings. The molecular weight excluding hydrogens is 654 g/mol. The SMILES string of the molecule is C.CC.CC.CC.CC.CC.CC.CC.CCC.CCCC.CCCC.[H-].[H-].[H-].[H-].[Rb+].[Rb+].[Rb+].[Rb+]. The number of rotatable bonds is 2. The monoisotopic (exact) mass is 730 g/mol. The van der Waals surface area contributed by atoms with Gasteiger partial charge in [-0.05, 0) is 0 Å². The topological polar surface area (TPSA) is 0 Å². The van der Waals surface area contributed by atoms with E-state index in [1.54, 1.807) is 0 Å². The molecule has 0 aromatic heterocycles. The van der Waals surface area contributed by atoms with Gasteiger partial charge >= 0.3 is 233 Å². The molecule has 186 valence electrons. The normalized spacial score (nSPS) is 4.00. The molecule has 0 unspecified atom stereocenters. The summed E-state index contributed by atoms with van der Waals surface area (Å²) in [5.41, 5.74) is 0. The molecule has 0 bridgehead atoms. The van der Waals surface area contributed by atoms with Crippen LogP contribution in [0.1, 0.15) is 184 Å². The third kappa shape index (κ3) is 485. The maximum atomic E-state index is 2.18. The smallest absolute Gasteiger partial charge is 1.00 e. The molecule has 0 atom stereocenters. The van der Waals surface area contributed by atoms with Gasteiger partial charge in [-0.3, -0.25) is 0 Å². The molecule has 0 aliphatic carbocycles. The van der Waals surface area contributed by atoms with E-state index in [9.17, 15) is 0 Å². The van der Waals surface area contributed by atoms with Gasteiger partial charge in [0.05, 0.1) is 0 Å². The maximum absolute atomic E-state index is 2.18. The van der Waals surface area contributed by atoms with Crippen molar-refractivity contribution in [2.45, 2.75) is 178 Å². The Morgan fingerprint density at radius 1 is 0.300 bits per heavy atom. The Labute approximate surface area is 405 Å². The Bertz CT molecular complexity index is 50.0. The van der Waals surface area contributed by atoms with Crippen molar-refractivity contribution in [2.24, 2.45) is 0 Å². The third-order valence-electron chi connectivity index (χ3n) is 1.000. The Morgan fingerprint density at radius 3 is 0.333 bits per heavy atom. The quantitative estimate of drug-likeness (QED) is 0.403. The van der Waals surface area contributed by atoms with Crippen LogP contribution in [0.5, 0.6) is 0 Å². The minimum atomic E-state index is 0. The number of hydrogen-bond acceptors (Lipinski definition) is 0. The summed E-state index contributed by atoms with van der Waals surface area (Å²) in [6.45, 7) is 41.0. The van der Waals surface area contributed by atoms with Gasteiger partial charge in [0.25, 0.3) is 0 Å². The Morgan fingerprint density at radius 2 is 0.333 bits per heavy atom. The van der Waals surface area contributed by atoms with Crippen molar-refractivity contribution in [3.05, 3.63) is 0 Å². The van der Waals surface area contributed by atoms with Crippen LogP contribution >= 0.6 is 0 Å². The van der Waals surface area contributed by atoms with Gasteiger partial charge in [0.15, 0.2) is 0 Å². The zero-order chi connectivity index (χ0) is 23.5. The first-order chi connectivity index (χ1) is 12.2. The van der Waals surface area contributed by atoms with Crippen LogP contribution < -0.4 is 233 Å². The zero-order valence-electron chi connectivity index (χ0n) is 31.5. The molecule has 0 aliphatic rings. The van der Waals surface area contributed by atoms with Gasteiger partial charge in [0.1, 0.15) is 0 Å². The van der Waals surface area contributed by atoms with E-state index in [0.29, 0.717) is 0 Å². The predicted molar refractivity (Wildman–Crippen MR) is 148 cm³/mol. The Hall–Kier alpha value is 7.22. The van der Waals surface area contributed by atoms with Crippen molar-refractivity contribution in [1.82, 2.24) is 0 Å². The molecule has 0 N–H and O–H groups in total. The molecule has 0 rings (SSSR count). The second kappa shape index (κ2) is 301. The maximum Gasteiger partial charge on any atom is 1.00 e. The molecule has 0 spiro atoms. The summed E-state index contributed by atoms with van der Waals surface area (Å²) in [6.07, 6.45) is 6.53. The summed E-state index contributed by atoms with van der Waals surface area (Å²) >= 11 is 0. The predicted octanol–water partition coefficient (Wildman–Crippen LogP) is 1.31. The molecular formula is C26H78Rb4. The van der Waals surface area contributed by atoms with Gasteiger partial charge < -0.3 is 5.71 Å². The van der Waals surface area contributed by atoms with Crippen molar-refractivity contribution in [2.75, 3.05) is 0 Å². The van der Waals surface area contributed by atoms with Crippen molar-refractivity contribution in [3.8, 4) is 0 Å². The largest absolute Gasteiger partial charge is 1.00 e. The Balaban J connectivity index is -0.00000000426. The average molecular weight is 733 g/mol. The number of hydrogen-bond donors (Lipinski definition) is 0. The minimum absolute atomic E-state index is 0. The van der Waals surface area contributed by atoms with Crippen LogP contribution in [0.2, 0.25) is 0 Å². The van der Waals surface area contributed by atoms with E-state index in [4.69, 9.17) is 0 Å². The van der Waals surface area contributed by atoms with Gasteiger partial charge in [-0.25, -0.2) is 0 Å². The summed E-state index contributed by atoms with van der Waals surface area (Å²) in [5, 5.41) is 0. The van der Waals surface area contributed by atoms with Gasteiger partial charge in [0.2, 0.25) is 0 Å². The molecule has 0 amide bonds. The zero-order valence-corrected chi connectivity index (χ0v) is 47.2. The van der Waals surface area contributed by atoms with Crippen LogP contribution in [0, 0.1) is 0 Å². The molecule has 0 aromatic carbocycles. The Kier molecular flexibility index (Phi) is 992. The van der Waals surface area contributed by atoms with Crippen LogP contribution in [0.4, 0.5) is 0 Å².